The van der Waals surface area contributed by atoms with Crippen LogP contribution >= 0.6 is 0 Å². The molecule has 1 amide bonds. The molecule has 0 unspecified atom stereocenters. The minimum absolute atomic E-state index is 0.158. The van der Waals surface area contributed by atoms with Gasteiger partial charge in [0.05, 0.1) is 0 Å². The minimum Gasteiger partial charge on any atom is -0.353 e. The summed E-state index contributed by atoms with van der Waals surface area (Å²) in [5.74, 6) is 0.158. The molecule has 2 rings (SSSR count). The van der Waals surface area contributed by atoms with E-state index >= 15 is 0 Å². The first-order valence-corrected chi connectivity index (χ1v) is 7.42. The largest absolute Gasteiger partial charge is 0.353 e. The Labute approximate surface area is 110 Å². The summed E-state index contributed by atoms with van der Waals surface area (Å²) in [7, 11) is 0. The Bertz CT molecular complexity index is 281. The first-order chi connectivity index (χ1) is 8.61. The number of nitrogens with two attached hydrogens (primary N) is 1. The molecule has 0 atom stereocenters. The lowest BCUT2D eigenvalue weighted by Gasteiger charge is -2.38. The van der Waals surface area contributed by atoms with Crippen LogP contribution in [0, 0.1) is 0 Å². The van der Waals surface area contributed by atoms with Gasteiger partial charge in [-0.2, -0.15) is 0 Å². The lowest BCUT2D eigenvalue weighted by atomic mass is 9.75. The summed E-state index contributed by atoms with van der Waals surface area (Å²) in [6.07, 6.45) is 7.10. The van der Waals surface area contributed by atoms with Crippen LogP contribution in [0.4, 0.5) is 0 Å². The van der Waals surface area contributed by atoms with Crippen molar-refractivity contribution in [3.63, 3.8) is 0 Å². The molecular weight excluding hydrogens is 226 g/mol. The number of rotatable bonds is 5. The summed E-state index contributed by atoms with van der Waals surface area (Å²) in [4.78, 5) is 14.4. The molecule has 3 N–H and O–H groups in total. The van der Waals surface area contributed by atoms with Gasteiger partial charge in [-0.15, -0.1) is 0 Å². The average Bonchev–Trinajstić information content (AvgIpc) is 2.30. The molecule has 1 saturated heterocycles. The Morgan fingerprint density at radius 1 is 1.39 bits per heavy atom. The highest BCUT2D eigenvalue weighted by Gasteiger charge is 2.35. The number of amides is 1. The molecule has 1 aliphatic heterocycles. The van der Waals surface area contributed by atoms with Gasteiger partial charge in [-0.25, -0.2) is 0 Å². The lowest BCUT2D eigenvalue weighted by Crippen LogP contribution is -2.52. The minimum atomic E-state index is -0.188. The van der Waals surface area contributed by atoms with Crippen LogP contribution in [0.1, 0.15) is 51.9 Å². The fourth-order valence-corrected chi connectivity index (χ4v) is 3.02. The Balaban J connectivity index is 1.66. The fraction of sp³-hybridized carbons (Fsp3) is 0.929. The molecule has 0 aromatic carbocycles. The van der Waals surface area contributed by atoms with E-state index in [1.807, 2.05) is 0 Å². The van der Waals surface area contributed by atoms with Crippen molar-refractivity contribution in [1.29, 1.82) is 0 Å². The molecule has 0 aromatic heterocycles. The Kier molecular flexibility index (Phi) is 4.62. The molecule has 0 spiro atoms. The van der Waals surface area contributed by atoms with Crippen LogP contribution in [0.5, 0.6) is 0 Å². The molecule has 2 fully saturated rings. The van der Waals surface area contributed by atoms with Gasteiger partial charge in [0.25, 0.3) is 0 Å². The number of hydrogen-bond donors (Lipinski definition) is 2. The van der Waals surface area contributed by atoms with Gasteiger partial charge in [0.2, 0.25) is 5.91 Å². The maximum absolute atomic E-state index is 11.9. The van der Waals surface area contributed by atoms with Crippen LogP contribution in [-0.4, -0.2) is 42.0 Å². The second-order valence-electron chi connectivity index (χ2n) is 6.08. The molecule has 1 saturated carbocycles. The summed E-state index contributed by atoms with van der Waals surface area (Å²) in [5, 5.41) is 3.16. The van der Waals surface area contributed by atoms with Crippen LogP contribution in [0.2, 0.25) is 0 Å². The molecule has 0 radical (unpaired) electrons. The van der Waals surface area contributed by atoms with E-state index in [0.717, 1.165) is 38.8 Å². The van der Waals surface area contributed by atoms with E-state index in [-0.39, 0.29) is 11.4 Å². The Morgan fingerprint density at radius 3 is 2.56 bits per heavy atom. The van der Waals surface area contributed by atoms with Crippen molar-refractivity contribution in [2.45, 2.75) is 63.5 Å². The number of hydrogen-bond acceptors (Lipinski definition) is 3. The monoisotopic (exact) mass is 253 g/mol. The van der Waals surface area contributed by atoms with E-state index < -0.39 is 0 Å². The number of carbonyl (C=O) groups excluding carboxylic acids is 1. The zero-order valence-electron chi connectivity index (χ0n) is 11.6. The molecule has 18 heavy (non-hydrogen) atoms. The highest BCUT2D eigenvalue weighted by atomic mass is 16.1. The van der Waals surface area contributed by atoms with Gasteiger partial charge in [0.15, 0.2) is 0 Å². The molecular formula is C14H27N3O. The molecule has 4 nitrogen and oxygen atoms in total. The van der Waals surface area contributed by atoms with E-state index in [9.17, 15) is 4.79 Å². The average molecular weight is 253 g/mol. The van der Waals surface area contributed by atoms with Gasteiger partial charge in [-0.3, -0.25) is 4.79 Å². The third kappa shape index (κ3) is 3.69. The van der Waals surface area contributed by atoms with Crippen LogP contribution in [-0.2, 0) is 4.79 Å². The van der Waals surface area contributed by atoms with Crippen molar-refractivity contribution >= 4 is 5.91 Å². The van der Waals surface area contributed by atoms with Gasteiger partial charge in [-0.1, -0.05) is 6.92 Å². The first-order valence-electron chi connectivity index (χ1n) is 7.42. The highest BCUT2D eigenvalue weighted by molar-refractivity contribution is 5.77. The van der Waals surface area contributed by atoms with Crippen LogP contribution in [0.3, 0.4) is 0 Å². The molecule has 104 valence electrons. The van der Waals surface area contributed by atoms with E-state index in [2.05, 4.69) is 17.1 Å². The molecule has 4 heteroatoms. The number of nitrogens with zero attached hydrogens (tertiary/aromatic N) is 1. The normalized spacial score (nSPS) is 24.6. The van der Waals surface area contributed by atoms with Crippen LogP contribution in [0.15, 0.2) is 0 Å². The quantitative estimate of drug-likeness (QED) is 0.775. The van der Waals surface area contributed by atoms with Crippen molar-refractivity contribution in [3.8, 4) is 0 Å². The standard InChI is InChI=1S/C14H27N3O/c1-2-8-17-9-4-12(5-10-17)16-13(18)11-14(15)6-3-7-14/h12H,2-11,15H2,1H3,(H,16,18). The van der Waals surface area contributed by atoms with Crippen molar-refractivity contribution < 1.29 is 4.79 Å². The zero-order chi connectivity index (χ0) is 13.0. The van der Waals surface area contributed by atoms with Crippen LogP contribution in [0.25, 0.3) is 0 Å². The summed E-state index contributed by atoms with van der Waals surface area (Å²) in [6.45, 7) is 5.64. The lowest BCUT2D eigenvalue weighted by molar-refractivity contribution is -0.124. The first kappa shape index (κ1) is 13.8. The van der Waals surface area contributed by atoms with E-state index in [1.54, 1.807) is 0 Å². The predicted molar refractivity (Wildman–Crippen MR) is 73.3 cm³/mol. The molecule has 0 bridgehead atoms. The van der Waals surface area contributed by atoms with Crippen molar-refractivity contribution in [2.24, 2.45) is 5.73 Å². The maximum Gasteiger partial charge on any atom is 0.222 e. The number of nitrogens with one attached hydrogen (secondary N) is 1. The molecule has 1 heterocycles. The maximum atomic E-state index is 11.9. The Morgan fingerprint density at radius 2 is 2.06 bits per heavy atom. The van der Waals surface area contributed by atoms with Crippen molar-refractivity contribution in [2.75, 3.05) is 19.6 Å². The van der Waals surface area contributed by atoms with E-state index in [1.165, 1.54) is 19.4 Å². The summed E-state index contributed by atoms with van der Waals surface area (Å²) in [5.41, 5.74) is 5.91. The SMILES string of the molecule is CCCN1CCC(NC(=O)CC2(N)CCC2)CC1. The summed E-state index contributed by atoms with van der Waals surface area (Å²) < 4.78 is 0. The fourth-order valence-electron chi connectivity index (χ4n) is 3.02. The van der Waals surface area contributed by atoms with Gasteiger partial charge < -0.3 is 16.0 Å². The Hall–Kier alpha value is -0.610. The van der Waals surface area contributed by atoms with Crippen LogP contribution < -0.4 is 11.1 Å². The third-order valence-corrected chi connectivity index (χ3v) is 4.35. The predicted octanol–water partition coefficient (Wildman–Crippen LogP) is 1.25. The zero-order valence-corrected chi connectivity index (χ0v) is 11.6. The van der Waals surface area contributed by atoms with Crippen molar-refractivity contribution in [1.82, 2.24) is 10.2 Å². The van der Waals surface area contributed by atoms with Crippen molar-refractivity contribution in [3.05, 3.63) is 0 Å². The smallest absolute Gasteiger partial charge is 0.222 e. The van der Waals surface area contributed by atoms with Gasteiger partial charge in [0, 0.05) is 31.1 Å². The number of carbonyl (C=O) groups is 1. The topological polar surface area (TPSA) is 58.4 Å². The van der Waals surface area contributed by atoms with Gasteiger partial charge >= 0.3 is 0 Å². The van der Waals surface area contributed by atoms with Gasteiger partial charge in [0.1, 0.15) is 0 Å². The number of piperidine rings is 1. The second kappa shape index (κ2) is 6.02. The molecule has 2 aliphatic rings. The van der Waals surface area contributed by atoms with E-state index in [4.69, 9.17) is 5.73 Å². The van der Waals surface area contributed by atoms with E-state index in [0.29, 0.717) is 12.5 Å². The van der Waals surface area contributed by atoms with Gasteiger partial charge in [-0.05, 0) is 45.1 Å². The molecule has 0 aromatic rings. The highest BCUT2D eigenvalue weighted by Crippen LogP contribution is 2.32. The number of likely N-dealkylation sites (tertiary alicyclic amines) is 1. The second-order valence-corrected chi connectivity index (χ2v) is 6.08. The molecule has 1 aliphatic carbocycles. The third-order valence-electron chi connectivity index (χ3n) is 4.35. The summed E-state index contributed by atoms with van der Waals surface area (Å²) in [6, 6.07) is 0.370. The summed E-state index contributed by atoms with van der Waals surface area (Å²) >= 11 is 0.